The normalized spacial score (nSPS) is 12.0. The van der Waals surface area contributed by atoms with Crippen molar-refractivity contribution >= 4 is 27.5 Å². The number of hydrogen-bond donors (Lipinski definition) is 2. The van der Waals surface area contributed by atoms with Gasteiger partial charge >= 0.3 is 0 Å². The Morgan fingerprint density at radius 1 is 1.25 bits per heavy atom. The molecule has 0 aliphatic heterocycles. The summed E-state index contributed by atoms with van der Waals surface area (Å²) >= 11 is 3.06. The van der Waals surface area contributed by atoms with Crippen LogP contribution in [0.15, 0.2) is 46.9 Å². The molecular formula is C15H13BrFNO2. The van der Waals surface area contributed by atoms with Crippen LogP contribution in [0.3, 0.4) is 0 Å². The lowest BCUT2D eigenvalue weighted by Crippen LogP contribution is -2.15. The van der Waals surface area contributed by atoms with E-state index in [1.165, 1.54) is 18.2 Å². The smallest absolute Gasteiger partial charge is 0.256 e. The summed E-state index contributed by atoms with van der Waals surface area (Å²) in [4.78, 5) is 12.2. The van der Waals surface area contributed by atoms with Gasteiger partial charge in [0.15, 0.2) is 0 Å². The first-order valence-corrected chi connectivity index (χ1v) is 6.82. The third-order valence-corrected chi connectivity index (χ3v) is 3.66. The maximum absolute atomic E-state index is 13.4. The molecule has 1 unspecified atom stereocenters. The Hall–Kier alpha value is -1.72. The minimum Gasteiger partial charge on any atom is -0.389 e. The Kier molecular flexibility index (Phi) is 4.52. The average Bonchev–Trinajstić information content (AvgIpc) is 2.42. The third kappa shape index (κ3) is 3.05. The monoisotopic (exact) mass is 337 g/mol. The highest BCUT2D eigenvalue weighted by atomic mass is 79.9. The summed E-state index contributed by atoms with van der Waals surface area (Å²) in [5.74, 6) is -0.939. The zero-order valence-corrected chi connectivity index (χ0v) is 12.3. The molecule has 2 aromatic rings. The standard InChI is InChI=1S/C15H13BrFNO2/c1-9(19)10-5-2-3-8-13(10)18-15(20)11-6-4-7-12(17)14(11)16/h2-9,19H,1H3,(H,18,20). The first-order chi connectivity index (χ1) is 9.50. The first-order valence-electron chi connectivity index (χ1n) is 6.03. The Bertz CT molecular complexity index is 644. The van der Waals surface area contributed by atoms with E-state index in [0.717, 1.165) is 0 Å². The van der Waals surface area contributed by atoms with Crippen molar-refractivity contribution in [2.45, 2.75) is 13.0 Å². The number of para-hydroxylation sites is 1. The van der Waals surface area contributed by atoms with Gasteiger partial charge < -0.3 is 10.4 Å². The van der Waals surface area contributed by atoms with E-state index in [1.807, 2.05) is 0 Å². The lowest BCUT2D eigenvalue weighted by Gasteiger charge is -2.13. The van der Waals surface area contributed by atoms with Crippen molar-refractivity contribution in [1.82, 2.24) is 0 Å². The van der Waals surface area contributed by atoms with Gasteiger partial charge in [-0.05, 0) is 41.1 Å². The quantitative estimate of drug-likeness (QED) is 0.892. The molecule has 20 heavy (non-hydrogen) atoms. The minimum absolute atomic E-state index is 0.118. The maximum atomic E-state index is 13.4. The summed E-state index contributed by atoms with van der Waals surface area (Å²) in [7, 11) is 0. The van der Waals surface area contributed by atoms with Crippen LogP contribution in [0.4, 0.5) is 10.1 Å². The van der Waals surface area contributed by atoms with Gasteiger partial charge in [-0.1, -0.05) is 24.3 Å². The molecule has 2 N–H and O–H groups in total. The van der Waals surface area contributed by atoms with E-state index in [1.54, 1.807) is 31.2 Å². The molecule has 1 atom stereocenters. The van der Waals surface area contributed by atoms with Gasteiger partial charge in [0.05, 0.1) is 16.1 Å². The van der Waals surface area contributed by atoms with Crippen LogP contribution in [0.1, 0.15) is 28.9 Å². The van der Waals surface area contributed by atoms with Gasteiger partial charge in [0.25, 0.3) is 5.91 Å². The zero-order valence-electron chi connectivity index (χ0n) is 10.7. The topological polar surface area (TPSA) is 49.3 Å². The number of amides is 1. The number of aliphatic hydroxyl groups is 1. The highest BCUT2D eigenvalue weighted by molar-refractivity contribution is 9.10. The Labute approximate surface area is 124 Å². The predicted molar refractivity (Wildman–Crippen MR) is 79.1 cm³/mol. The lowest BCUT2D eigenvalue weighted by molar-refractivity contribution is 0.102. The van der Waals surface area contributed by atoms with E-state index in [-0.39, 0.29) is 10.0 Å². The van der Waals surface area contributed by atoms with Crippen LogP contribution in [-0.4, -0.2) is 11.0 Å². The SMILES string of the molecule is CC(O)c1ccccc1NC(=O)c1cccc(F)c1Br. The fraction of sp³-hybridized carbons (Fsp3) is 0.133. The molecule has 0 bridgehead atoms. The Morgan fingerprint density at radius 2 is 1.95 bits per heavy atom. The van der Waals surface area contributed by atoms with Crippen molar-refractivity contribution in [3.05, 3.63) is 63.9 Å². The number of anilines is 1. The molecule has 2 aromatic carbocycles. The van der Waals surface area contributed by atoms with E-state index in [4.69, 9.17) is 0 Å². The summed E-state index contributed by atoms with van der Waals surface area (Å²) < 4.78 is 13.5. The second kappa shape index (κ2) is 6.15. The summed E-state index contributed by atoms with van der Waals surface area (Å²) in [6.45, 7) is 1.61. The molecule has 104 valence electrons. The Morgan fingerprint density at radius 3 is 2.65 bits per heavy atom. The number of halogens is 2. The van der Waals surface area contributed by atoms with Crippen molar-refractivity contribution in [3.63, 3.8) is 0 Å². The second-order valence-electron chi connectivity index (χ2n) is 4.32. The van der Waals surface area contributed by atoms with Crippen molar-refractivity contribution in [2.24, 2.45) is 0 Å². The molecule has 0 heterocycles. The molecule has 0 saturated carbocycles. The van der Waals surface area contributed by atoms with Gasteiger partial charge in [-0.2, -0.15) is 0 Å². The highest BCUT2D eigenvalue weighted by Gasteiger charge is 2.15. The molecule has 5 heteroatoms. The number of benzene rings is 2. The number of carbonyl (C=O) groups excluding carboxylic acids is 1. The predicted octanol–water partition coefficient (Wildman–Crippen LogP) is 3.89. The lowest BCUT2D eigenvalue weighted by atomic mass is 10.1. The molecule has 0 spiro atoms. The highest BCUT2D eigenvalue weighted by Crippen LogP contribution is 2.25. The molecule has 2 rings (SSSR count). The van der Waals surface area contributed by atoms with Crippen LogP contribution in [0.2, 0.25) is 0 Å². The summed E-state index contributed by atoms with van der Waals surface area (Å²) in [5.41, 5.74) is 1.31. The molecule has 0 aromatic heterocycles. The number of carbonyl (C=O) groups is 1. The van der Waals surface area contributed by atoms with E-state index < -0.39 is 17.8 Å². The number of hydrogen-bond acceptors (Lipinski definition) is 2. The summed E-state index contributed by atoms with van der Waals surface area (Å²) in [5, 5.41) is 12.3. The van der Waals surface area contributed by atoms with Crippen LogP contribution in [0, 0.1) is 5.82 Å². The van der Waals surface area contributed by atoms with Crippen molar-refractivity contribution < 1.29 is 14.3 Å². The van der Waals surface area contributed by atoms with Crippen molar-refractivity contribution in [1.29, 1.82) is 0 Å². The van der Waals surface area contributed by atoms with E-state index >= 15 is 0 Å². The second-order valence-corrected chi connectivity index (χ2v) is 5.11. The van der Waals surface area contributed by atoms with Crippen LogP contribution in [0.25, 0.3) is 0 Å². The minimum atomic E-state index is -0.706. The van der Waals surface area contributed by atoms with Gasteiger partial charge in [-0.15, -0.1) is 0 Å². The largest absolute Gasteiger partial charge is 0.389 e. The van der Waals surface area contributed by atoms with Gasteiger partial charge in [-0.25, -0.2) is 4.39 Å². The van der Waals surface area contributed by atoms with Gasteiger partial charge in [0.1, 0.15) is 5.82 Å². The summed E-state index contributed by atoms with van der Waals surface area (Å²) in [6.07, 6.45) is -0.706. The first kappa shape index (κ1) is 14.7. The fourth-order valence-corrected chi connectivity index (χ4v) is 2.29. The average molecular weight is 338 g/mol. The fourth-order valence-electron chi connectivity index (χ4n) is 1.84. The molecule has 0 aliphatic carbocycles. The van der Waals surface area contributed by atoms with Crippen molar-refractivity contribution in [3.8, 4) is 0 Å². The molecule has 0 radical (unpaired) electrons. The zero-order chi connectivity index (χ0) is 14.7. The molecule has 0 saturated heterocycles. The molecule has 1 amide bonds. The molecular weight excluding hydrogens is 325 g/mol. The number of aliphatic hydroxyl groups excluding tert-OH is 1. The maximum Gasteiger partial charge on any atom is 0.256 e. The molecule has 0 aliphatic rings. The van der Waals surface area contributed by atoms with Crippen LogP contribution >= 0.6 is 15.9 Å². The van der Waals surface area contributed by atoms with Gasteiger partial charge in [-0.3, -0.25) is 4.79 Å². The third-order valence-electron chi connectivity index (χ3n) is 2.86. The number of rotatable bonds is 3. The van der Waals surface area contributed by atoms with E-state index in [0.29, 0.717) is 11.3 Å². The van der Waals surface area contributed by atoms with Crippen molar-refractivity contribution in [2.75, 3.05) is 5.32 Å². The van der Waals surface area contributed by atoms with Crippen LogP contribution < -0.4 is 5.32 Å². The van der Waals surface area contributed by atoms with Gasteiger partial charge in [0, 0.05) is 11.3 Å². The van der Waals surface area contributed by atoms with E-state index in [9.17, 15) is 14.3 Å². The van der Waals surface area contributed by atoms with Crippen LogP contribution in [-0.2, 0) is 0 Å². The summed E-state index contributed by atoms with van der Waals surface area (Å²) in [6, 6.07) is 11.2. The van der Waals surface area contributed by atoms with E-state index in [2.05, 4.69) is 21.2 Å². The number of nitrogens with one attached hydrogen (secondary N) is 1. The Balaban J connectivity index is 2.31. The van der Waals surface area contributed by atoms with Crippen LogP contribution in [0.5, 0.6) is 0 Å². The molecule has 0 fully saturated rings. The molecule has 3 nitrogen and oxygen atoms in total. The van der Waals surface area contributed by atoms with Gasteiger partial charge in [0.2, 0.25) is 0 Å².